The Bertz CT molecular complexity index is 3710. The van der Waals surface area contributed by atoms with Gasteiger partial charge in [0, 0.05) is 33.4 Å². The normalized spacial score (nSPS) is 11.2. The maximum Gasteiger partial charge on any atom is 0.0561 e. The van der Waals surface area contributed by atoms with Crippen LogP contribution in [-0.2, 0) is 0 Å². The number of nitrogens with zero attached hydrogens (tertiary/aromatic N) is 2. The molecule has 0 atom stereocenters. The Kier molecular flexibility index (Phi) is 10.6. The van der Waals surface area contributed by atoms with Crippen LogP contribution in [0.1, 0.15) is 0 Å². The van der Waals surface area contributed by atoms with E-state index in [2.05, 4.69) is 289 Å². The fourth-order valence-electron chi connectivity index (χ4n) is 10.1. The van der Waals surface area contributed by atoms with Gasteiger partial charge in [0.05, 0.1) is 16.7 Å². The topological polar surface area (TPSA) is 8.17 Å². The molecule has 0 N–H and O–H groups in total. The molecule has 0 aliphatic carbocycles. The highest BCUT2D eigenvalue weighted by Crippen LogP contribution is 2.47. The molecule has 0 spiro atoms. The lowest BCUT2D eigenvalue weighted by Crippen LogP contribution is -2.11. The molecular formula is C66H46N2. The van der Waals surface area contributed by atoms with Gasteiger partial charge in [-0.25, -0.2) is 0 Å². The lowest BCUT2D eigenvalue weighted by Gasteiger charge is -2.29. The summed E-state index contributed by atoms with van der Waals surface area (Å²) in [5.41, 5.74) is 20.8. The van der Waals surface area contributed by atoms with Gasteiger partial charge in [0.25, 0.3) is 0 Å². The zero-order valence-electron chi connectivity index (χ0n) is 37.5. The maximum atomic E-state index is 2.45. The van der Waals surface area contributed by atoms with Crippen LogP contribution < -0.4 is 4.90 Å². The second-order valence-corrected chi connectivity index (χ2v) is 17.2. The van der Waals surface area contributed by atoms with Crippen molar-refractivity contribution in [1.29, 1.82) is 0 Å². The van der Waals surface area contributed by atoms with Crippen LogP contribution >= 0.6 is 0 Å². The average Bonchev–Trinajstić information content (AvgIpc) is 3.76. The summed E-state index contributed by atoms with van der Waals surface area (Å²) in [5.74, 6) is 0. The number of fused-ring (bicyclic) bond motifs is 3. The van der Waals surface area contributed by atoms with Crippen molar-refractivity contribution in [1.82, 2.24) is 4.57 Å². The monoisotopic (exact) mass is 866 g/mol. The molecule has 11 aromatic carbocycles. The molecule has 0 saturated heterocycles. The van der Waals surface area contributed by atoms with Crippen molar-refractivity contribution >= 4 is 38.9 Å². The van der Waals surface area contributed by atoms with Crippen molar-refractivity contribution in [3.05, 3.63) is 279 Å². The van der Waals surface area contributed by atoms with Crippen molar-refractivity contribution in [2.75, 3.05) is 4.90 Å². The predicted molar refractivity (Wildman–Crippen MR) is 288 cm³/mol. The number of benzene rings is 11. The van der Waals surface area contributed by atoms with Crippen LogP contribution in [0.15, 0.2) is 279 Å². The largest absolute Gasteiger partial charge is 0.310 e. The van der Waals surface area contributed by atoms with Crippen molar-refractivity contribution in [3.8, 4) is 72.4 Å². The van der Waals surface area contributed by atoms with E-state index >= 15 is 0 Å². The van der Waals surface area contributed by atoms with Gasteiger partial charge in [-0.05, 0) is 116 Å². The van der Waals surface area contributed by atoms with Gasteiger partial charge in [-0.2, -0.15) is 0 Å². The Labute approximate surface area is 397 Å². The second kappa shape index (κ2) is 17.8. The first-order valence-corrected chi connectivity index (χ1v) is 23.3. The Morgan fingerprint density at radius 1 is 0.235 bits per heavy atom. The molecule has 1 heterocycles. The van der Waals surface area contributed by atoms with Crippen molar-refractivity contribution in [3.63, 3.8) is 0 Å². The fourth-order valence-corrected chi connectivity index (χ4v) is 10.1. The van der Waals surface area contributed by atoms with Gasteiger partial charge in [0.1, 0.15) is 0 Å². The van der Waals surface area contributed by atoms with Gasteiger partial charge in [-0.3, -0.25) is 0 Å². The highest BCUT2D eigenvalue weighted by molar-refractivity contribution is 6.11. The molecule has 0 fully saturated rings. The molecule has 0 radical (unpaired) electrons. The molecule has 0 aliphatic rings. The molecule has 320 valence electrons. The quantitative estimate of drug-likeness (QED) is 0.133. The molecule has 1 aromatic heterocycles. The smallest absolute Gasteiger partial charge is 0.0561 e. The minimum absolute atomic E-state index is 1.06. The molecule has 0 bridgehead atoms. The Hall–Kier alpha value is -8.98. The average molecular weight is 867 g/mol. The summed E-state index contributed by atoms with van der Waals surface area (Å²) in [6.45, 7) is 0. The van der Waals surface area contributed by atoms with E-state index in [0.29, 0.717) is 0 Å². The minimum Gasteiger partial charge on any atom is -0.310 e. The van der Waals surface area contributed by atoms with E-state index in [4.69, 9.17) is 0 Å². The van der Waals surface area contributed by atoms with Crippen LogP contribution in [0.4, 0.5) is 17.1 Å². The molecule has 12 rings (SSSR count). The molecule has 0 amide bonds. The molecule has 2 heteroatoms. The van der Waals surface area contributed by atoms with Crippen LogP contribution in [0.25, 0.3) is 94.3 Å². The number of hydrogen-bond donors (Lipinski definition) is 0. The first kappa shape index (κ1) is 40.5. The van der Waals surface area contributed by atoms with E-state index < -0.39 is 0 Å². The lowest BCUT2D eigenvalue weighted by molar-refractivity contribution is 1.18. The molecule has 0 aliphatic heterocycles. The third kappa shape index (κ3) is 7.45. The highest BCUT2D eigenvalue weighted by atomic mass is 15.1. The predicted octanol–water partition coefficient (Wildman–Crippen LogP) is 18.3. The van der Waals surface area contributed by atoms with Gasteiger partial charge in [0.15, 0.2) is 0 Å². The van der Waals surface area contributed by atoms with Crippen LogP contribution in [0.2, 0.25) is 0 Å². The molecular weight excluding hydrogens is 821 g/mol. The summed E-state index contributed by atoms with van der Waals surface area (Å²) in [4.78, 5) is 2.44. The molecule has 12 aromatic rings. The maximum absolute atomic E-state index is 2.45. The number of rotatable bonds is 10. The summed E-state index contributed by atoms with van der Waals surface area (Å²) >= 11 is 0. The summed E-state index contributed by atoms with van der Waals surface area (Å²) in [6, 6.07) is 101. The van der Waals surface area contributed by atoms with Gasteiger partial charge in [0.2, 0.25) is 0 Å². The summed E-state index contributed by atoms with van der Waals surface area (Å²) in [6.07, 6.45) is 0. The Balaban J connectivity index is 1.10. The fraction of sp³-hybridized carbons (Fsp3) is 0. The molecule has 68 heavy (non-hydrogen) atoms. The highest BCUT2D eigenvalue weighted by Gasteiger charge is 2.23. The summed E-state index contributed by atoms with van der Waals surface area (Å²) in [5, 5.41) is 2.42. The Morgan fingerprint density at radius 3 is 1.29 bits per heavy atom. The number of anilines is 3. The van der Waals surface area contributed by atoms with E-state index in [9.17, 15) is 0 Å². The van der Waals surface area contributed by atoms with Crippen LogP contribution in [0.3, 0.4) is 0 Å². The zero-order chi connectivity index (χ0) is 45.2. The molecule has 2 nitrogen and oxygen atoms in total. The van der Waals surface area contributed by atoms with Crippen LogP contribution in [0.5, 0.6) is 0 Å². The van der Waals surface area contributed by atoms with E-state index in [-0.39, 0.29) is 0 Å². The van der Waals surface area contributed by atoms with Gasteiger partial charge in [-0.15, -0.1) is 0 Å². The number of para-hydroxylation sites is 2. The van der Waals surface area contributed by atoms with Crippen molar-refractivity contribution < 1.29 is 0 Å². The summed E-state index contributed by atoms with van der Waals surface area (Å²) in [7, 11) is 0. The second-order valence-electron chi connectivity index (χ2n) is 17.2. The number of hydrogen-bond acceptors (Lipinski definition) is 1. The first-order chi connectivity index (χ1) is 33.8. The van der Waals surface area contributed by atoms with Gasteiger partial charge in [-0.1, -0.05) is 224 Å². The zero-order valence-corrected chi connectivity index (χ0v) is 37.5. The SMILES string of the molecule is c1ccc(-c2ccccc2-c2ccc(N(c3ccccc3)c3ccc4c5ccccc5n(-c5ccc(-c6ccccc6)c(-c6ccccc6)c5)c4c3)c(-c3ccccc3-c3ccccc3)c2)cc1. The van der Waals surface area contributed by atoms with Gasteiger partial charge >= 0.3 is 0 Å². The molecule has 0 unspecified atom stereocenters. The first-order valence-electron chi connectivity index (χ1n) is 23.3. The van der Waals surface area contributed by atoms with E-state index in [1.165, 1.54) is 60.8 Å². The van der Waals surface area contributed by atoms with Gasteiger partial charge < -0.3 is 9.47 Å². The van der Waals surface area contributed by atoms with E-state index in [0.717, 1.165) is 50.5 Å². The van der Waals surface area contributed by atoms with Crippen LogP contribution in [0, 0.1) is 0 Å². The van der Waals surface area contributed by atoms with E-state index in [1.807, 2.05) is 0 Å². The van der Waals surface area contributed by atoms with E-state index in [1.54, 1.807) is 0 Å². The third-order valence-corrected chi connectivity index (χ3v) is 13.2. The number of aromatic nitrogens is 1. The van der Waals surface area contributed by atoms with Crippen molar-refractivity contribution in [2.45, 2.75) is 0 Å². The van der Waals surface area contributed by atoms with Crippen LogP contribution in [-0.4, -0.2) is 4.57 Å². The minimum atomic E-state index is 1.06. The molecule has 0 saturated carbocycles. The lowest BCUT2D eigenvalue weighted by atomic mass is 9.89. The van der Waals surface area contributed by atoms with Crippen molar-refractivity contribution in [2.24, 2.45) is 0 Å². The third-order valence-electron chi connectivity index (χ3n) is 13.2. The standard InChI is InChI=1S/C66H46N2/c1-6-22-47(23-7-1)55-32-16-17-34-57(55)51-38-43-65(63(44-51)59-35-19-18-33-56(59)48-24-8-2-9-25-48)67(52-30-14-5-15-31-52)54-40-42-61-60-36-20-21-37-64(60)68(66(61)46-54)53-39-41-58(49-26-10-3-11-27-49)62(45-53)50-28-12-4-13-29-50/h1-46H. The summed E-state index contributed by atoms with van der Waals surface area (Å²) < 4.78 is 2.45. The Morgan fingerprint density at radius 2 is 0.691 bits per heavy atom.